The fourth-order valence-electron chi connectivity index (χ4n) is 1.58. The molecule has 0 unspecified atom stereocenters. The lowest BCUT2D eigenvalue weighted by molar-refractivity contribution is 0.288. The zero-order valence-electron chi connectivity index (χ0n) is 11.8. The van der Waals surface area contributed by atoms with Gasteiger partial charge in [0.15, 0.2) is 0 Å². The highest BCUT2D eigenvalue weighted by Crippen LogP contribution is 2.30. The largest absolute Gasteiger partial charge is 0.477 e. The Morgan fingerprint density at radius 3 is 2.68 bits per heavy atom. The first-order chi connectivity index (χ1) is 9.04. The van der Waals surface area contributed by atoms with E-state index in [9.17, 15) is 0 Å². The van der Waals surface area contributed by atoms with Gasteiger partial charge in [-0.1, -0.05) is 44.0 Å². The average Bonchev–Trinajstić information content (AvgIpc) is 2.35. The van der Waals surface area contributed by atoms with Gasteiger partial charge in [0.25, 0.3) is 0 Å². The van der Waals surface area contributed by atoms with Crippen molar-refractivity contribution in [1.29, 1.82) is 0 Å². The molecule has 0 radical (unpaired) electrons. The lowest BCUT2D eigenvalue weighted by Gasteiger charge is -2.12. The summed E-state index contributed by atoms with van der Waals surface area (Å²) in [7, 11) is 0. The predicted molar refractivity (Wildman–Crippen MR) is 82.6 cm³/mol. The Morgan fingerprint density at radius 2 is 2.05 bits per heavy atom. The molecule has 0 bridgehead atoms. The molecule has 0 aliphatic rings. The molecule has 0 saturated heterocycles. The summed E-state index contributed by atoms with van der Waals surface area (Å²) in [6, 6.07) is 1.67. The van der Waals surface area contributed by atoms with Crippen LogP contribution in [0.2, 0.25) is 10.0 Å². The number of aromatic nitrogens is 1. The highest BCUT2D eigenvalue weighted by Gasteiger charge is 2.10. The van der Waals surface area contributed by atoms with E-state index in [2.05, 4.69) is 31.1 Å². The van der Waals surface area contributed by atoms with E-state index >= 15 is 0 Å². The lowest BCUT2D eigenvalue weighted by Crippen LogP contribution is -2.06. The third kappa shape index (κ3) is 5.87. The summed E-state index contributed by atoms with van der Waals surface area (Å²) in [6.45, 7) is 7.92. The number of nitrogens with one attached hydrogen (secondary N) is 1. The number of anilines is 1. The number of hydrogen-bond acceptors (Lipinski definition) is 3. The highest BCUT2D eigenvalue weighted by atomic mass is 35.5. The maximum Gasteiger partial charge on any atom is 0.234 e. The molecule has 0 spiro atoms. The summed E-state index contributed by atoms with van der Waals surface area (Å²) in [5.41, 5.74) is 0. The van der Waals surface area contributed by atoms with Crippen LogP contribution < -0.4 is 10.1 Å². The maximum absolute atomic E-state index is 6.08. The van der Waals surface area contributed by atoms with E-state index in [1.807, 2.05) is 0 Å². The molecule has 108 valence electrons. The molecular formula is C14H22Cl2N2O. The quantitative estimate of drug-likeness (QED) is 0.684. The zero-order chi connectivity index (χ0) is 14.3. The van der Waals surface area contributed by atoms with Crippen molar-refractivity contribution in [2.75, 3.05) is 18.5 Å². The second-order valence-electron chi connectivity index (χ2n) is 4.92. The Hall–Kier alpha value is -0.670. The fourth-order valence-corrected chi connectivity index (χ4v) is 2.06. The van der Waals surface area contributed by atoms with Crippen LogP contribution in [-0.4, -0.2) is 18.1 Å². The number of ether oxygens (including phenoxy) is 1. The van der Waals surface area contributed by atoms with Gasteiger partial charge in [0.05, 0.1) is 11.6 Å². The van der Waals surface area contributed by atoms with E-state index in [4.69, 9.17) is 27.9 Å². The van der Waals surface area contributed by atoms with Crippen LogP contribution in [0.5, 0.6) is 5.88 Å². The first kappa shape index (κ1) is 16.4. The van der Waals surface area contributed by atoms with Crippen LogP contribution in [0, 0.1) is 5.92 Å². The fraction of sp³-hybridized carbons (Fsp3) is 0.643. The van der Waals surface area contributed by atoms with Crippen LogP contribution >= 0.6 is 23.2 Å². The normalized spacial score (nSPS) is 10.8. The Bertz CT molecular complexity index is 397. The number of nitrogens with zero attached hydrogens (tertiary/aromatic N) is 1. The van der Waals surface area contributed by atoms with Gasteiger partial charge in [-0.05, 0) is 31.2 Å². The van der Waals surface area contributed by atoms with Gasteiger partial charge in [0.1, 0.15) is 10.8 Å². The first-order valence-corrected chi connectivity index (χ1v) is 7.52. The molecule has 0 aliphatic heterocycles. The van der Waals surface area contributed by atoms with Crippen molar-refractivity contribution in [2.24, 2.45) is 5.92 Å². The van der Waals surface area contributed by atoms with Crippen molar-refractivity contribution in [3.05, 3.63) is 16.1 Å². The smallest absolute Gasteiger partial charge is 0.234 e. The SMILES string of the molecule is CCCNc1nc(OCCCC(C)C)c(Cl)cc1Cl. The van der Waals surface area contributed by atoms with Crippen LogP contribution in [-0.2, 0) is 0 Å². The minimum atomic E-state index is 0.452. The van der Waals surface area contributed by atoms with Crippen molar-refractivity contribution in [1.82, 2.24) is 4.98 Å². The maximum atomic E-state index is 6.08. The van der Waals surface area contributed by atoms with E-state index in [1.54, 1.807) is 6.07 Å². The molecule has 1 heterocycles. The average molecular weight is 305 g/mol. The third-order valence-corrected chi connectivity index (χ3v) is 3.16. The van der Waals surface area contributed by atoms with Crippen molar-refractivity contribution >= 4 is 29.0 Å². The van der Waals surface area contributed by atoms with Gasteiger partial charge < -0.3 is 10.1 Å². The molecule has 0 aromatic carbocycles. The predicted octanol–water partition coefficient (Wildman–Crippen LogP) is 5.03. The molecule has 1 aromatic rings. The van der Waals surface area contributed by atoms with Crippen LogP contribution in [0.1, 0.15) is 40.0 Å². The van der Waals surface area contributed by atoms with Crippen LogP contribution in [0.15, 0.2) is 6.07 Å². The monoisotopic (exact) mass is 304 g/mol. The van der Waals surface area contributed by atoms with Gasteiger partial charge in [-0.15, -0.1) is 0 Å². The molecule has 5 heteroatoms. The van der Waals surface area contributed by atoms with Crippen molar-refractivity contribution < 1.29 is 4.74 Å². The Balaban J connectivity index is 2.61. The van der Waals surface area contributed by atoms with Crippen molar-refractivity contribution in [2.45, 2.75) is 40.0 Å². The number of halogens is 2. The van der Waals surface area contributed by atoms with Crippen LogP contribution in [0.4, 0.5) is 5.82 Å². The summed E-state index contributed by atoms with van der Waals surface area (Å²) < 4.78 is 5.62. The minimum absolute atomic E-state index is 0.452. The van der Waals surface area contributed by atoms with E-state index in [0.717, 1.165) is 25.8 Å². The van der Waals surface area contributed by atoms with Gasteiger partial charge in [0, 0.05) is 6.54 Å². The second kappa shape index (κ2) is 8.49. The molecule has 0 fully saturated rings. The molecule has 19 heavy (non-hydrogen) atoms. The van der Waals surface area contributed by atoms with Gasteiger partial charge in [-0.3, -0.25) is 0 Å². The third-order valence-electron chi connectivity index (χ3n) is 2.60. The number of rotatable bonds is 8. The molecule has 0 atom stereocenters. The lowest BCUT2D eigenvalue weighted by atomic mass is 10.1. The van der Waals surface area contributed by atoms with Crippen molar-refractivity contribution in [3.63, 3.8) is 0 Å². The number of hydrogen-bond donors (Lipinski definition) is 1. The van der Waals surface area contributed by atoms with E-state index in [1.165, 1.54) is 0 Å². The van der Waals surface area contributed by atoms with Gasteiger partial charge in [0.2, 0.25) is 5.88 Å². The van der Waals surface area contributed by atoms with Crippen LogP contribution in [0.25, 0.3) is 0 Å². The van der Waals surface area contributed by atoms with Gasteiger partial charge in [-0.25, -0.2) is 0 Å². The topological polar surface area (TPSA) is 34.2 Å². The minimum Gasteiger partial charge on any atom is -0.477 e. The standard InChI is InChI=1S/C14H22Cl2N2O/c1-4-7-17-13-11(15)9-12(16)14(18-13)19-8-5-6-10(2)3/h9-10H,4-8H2,1-3H3,(H,17,18). The Morgan fingerprint density at radius 1 is 1.32 bits per heavy atom. The molecule has 0 saturated carbocycles. The summed E-state index contributed by atoms with van der Waals surface area (Å²) in [4.78, 5) is 4.33. The van der Waals surface area contributed by atoms with E-state index in [0.29, 0.717) is 34.3 Å². The molecule has 1 aromatic heterocycles. The molecular weight excluding hydrogens is 283 g/mol. The summed E-state index contributed by atoms with van der Waals surface area (Å²) in [6.07, 6.45) is 3.13. The summed E-state index contributed by atoms with van der Waals surface area (Å²) >= 11 is 12.2. The van der Waals surface area contributed by atoms with Crippen molar-refractivity contribution in [3.8, 4) is 5.88 Å². The highest BCUT2D eigenvalue weighted by molar-refractivity contribution is 6.36. The molecule has 1 N–H and O–H groups in total. The molecule has 0 amide bonds. The first-order valence-electron chi connectivity index (χ1n) is 6.77. The molecule has 0 aliphatic carbocycles. The van der Waals surface area contributed by atoms with E-state index in [-0.39, 0.29) is 0 Å². The van der Waals surface area contributed by atoms with Crippen LogP contribution in [0.3, 0.4) is 0 Å². The summed E-state index contributed by atoms with van der Waals surface area (Å²) in [5.74, 6) is 1.76. The second-order valence-corrected chi connectivity index (χ2v) is 5.73. The Labute approximate surface area is 125 Å². The van der Waals surface area contributed by atoms with Gasteiger partial charge >= 0.3 is 0 Å². The zero-order valence-corrected chi connectivity index (χ0v) is 13.3. The van der Waals surface area contributed by atoms with E-state index < -0.39 is 0 Å². The Kier molecular flexibility index (Phi) is 7.32. The number of pyridine rings is 1. The molecule has 1 rings (SSSR count). The summed E-state index contributed by atoms with van der Waals surface area (Å²) in [5, 5.41) is 4.13. The molecule has 3 nitrogen and oxygen atoms in total. The van der Waals surface area contributed by atoms with Gasteiger partial charge in [-0.2, -0.15) is 4.98 Å².